The molecule has 0 aliphatic carbocycles. The summed E-state index contributed by atoms with van der Waals surface area (Å²) in [6.45, 7) is 4.60. The summed E-state index contributed by atoms with van der Waals surface area (Å²) in [7, 11) is 0. The van der Waals surface area contributed by atoms with Gasteiger partial charge in [0, 0.05) is 13.1 Å². The minimum Gasteiger partial charge on any atom is -0.300 e. The summed E-state index contributed by atoms with van der Waals surface area (Å²) in [4.78, 5) is 2.23. The van der Waals surface area contributed by atoms with E-state index in [4.69, 9.17) is 0 Å². The van der Waals surface area contributed by atoms with E-state index in [-0.39, 0.29) is 12.4 Å². The molecule has 1 atom stereocenters. The number of rotatable bonds is 3. The van der Waals surface area contributed by atoms with Crippen molar-refractivity contribution < 1.29 is 13.2 Å². The molecule has 0 bridgehead atoms. The van der Waals surface area contributed by atoms with E-state index in [0.717, 1.165) is 43.8 Å². The van der Waals surface area contributed by atoms with Crippen LogP contribution in [0.5, 0.6) is 0 Å². The summed E-state index contributed by atoms with van der Waals surface area (Å²) in [5.41, 5.74) is 0.636. The monoisotopic (exact) mass is 330 g/mol. The van der Waals surface area contributed by atoms with Crippen LogP contribution in [0.15, 0.2) is 35.9 Å². The van der Waals surface area contributed by atoms with Gasteiger partial charge in [0.25, 0.3) is 0 Å². The number of hydrogen-bond acceptors (Lipinski definition) is 2. The maximum atomic E-state index is 12.8. The highest BCUT2D eigenvalue weighted by molar-refractivity contribution is 5.85. The molecular formula is C16H18ClF3N2. The fourth-order valence-corrected chi connectivity index (χ4v) is 2.54. The van der Waals surface area contributed by atoms with Crippen molar-refractivity contribution in [3.63, 3.8) is 0 Å². The van der Waals surface area contributed by atoms with E-state index in [1.807, 2.05) is 6.08 Å². The zero-order chi connectivity index (χ0) is 15.5. The van der Waals surface area contributed by atoms with Gasteiger partial charge in [-0.25, -0.2) is 0 Å². The molecule has 0 radical (unpaired) electrons. The van der Waals surface area contributed by atoms with Crippen molar-refractivity contribution in [2.24, 2.45) is 0 Å². The van der Waals surface area contributed by atoms with E-state index in [9.17, 15) is 18.4 Å². The lowest BCUT2D eigenvalue weighted by Gasteiger charge is -2.27. The number of alkyl halides is 3. The first kappa shape index (κ1) is 18.5. The average molecular weight is 331 g/mol. The molecule has 0 aromatic heterocycles. The SMILES string of the molecule is CCN1CC=C(C(C#N)c2cccc(C(F)(F)F)c2)CC1.Cl. The lowest BCUT2D eigenvalue weighted by molar-refractivity contribution is -0.137. The van der Waals surface area contributed by atoms with E-state index >= 15 is 0 Å². The largest absolute Gasteiger partial charge is 0.416 e. The molecule has 6 heteroatoms. The van der Waals surface area contributed by atoms with Crippen LogP contribution in [-0.4, -0.2) is 24.5 Å². The van der Waals surface area contributed by atoms with Gasteiger partial charge in [-0.15, -0.1) is 12.4 Å². The van der Waals surface area contributed by atoms with Crippen LogP contribution in [-0.2, 0) is 6.18 Å². The molecule has 1 aliphatic rings. The maximum Gasteiger partial charge on any atom is 0.416 e. The zero-order valence-electron chi connectivity index (χ0n) is 12.2. The number of hydrogen-bond donors (Lipinski definition) is 0. The summed E-state index contributed by atoms with van der Waals surface area (Å²) in [5.74, 6) is -0.591. The molecule has 0 spiro atoms. The predicted octanol–water partition coefficient (Wildman–Crippen LogP) is 4.39. The Morgan fingerprint density at radius 2 is 2.09 bits per heavy atom. The van der Waals surface area contributed by atoms with Crippen molar-refractivity contribution in [2.45, 2.75) is 25.4 Å². The van der Waals surface area contributed by atoms with Crippen molar-refractivity contribution in [2.75, 3.05) is 19.6 Å². The molecule has 0 saturated heterocycles. The van der Waals surface area contributed by atoms with Gasteiger partial charge < -0.3 is 0 Å². The first-order valence-corrected chi connectivity index (χ1v) is 6.93. The van der Waals surface area contributed by atoms with E-state index in [1.54, 1.807) is 6.07 Å². The quantitative estimate of drug-likeness (QED) is 0.769. The first-order valence-electron chi connectivity index (χ1n) is 6.93. The molecule has 1 aromatic carbocycles. The lowest BCUT2D eigenvalue weighted by atomic mass is 9.88. The van der Waals surface area contributed by atoms with Crippen LogP contribution in [0.1, 0.15) is 30.4 Å². The Bertz CT molecular complexity index is 575. The normalized spacial score (nSPS) is 17.1. The molecule has 1 heterocycles. The van der Waals surface area contributed by atoms with Crippen LogP contribution in [0.4, 0.5) is 13.2 Å². The van der Waals surface area contributed by atoms with Crippen LogP contribution >= 0.6 is 12.4 Å². The van der Waals surface area contributed by atoms with E-state index in [2.05, 4.69) is 17.9 Å². The van der Waals surface area contributed by atoms with Gasteiger partial charge >= 0.3 is 6.18 Å². The van der Waals surface area contributed by atoms with Crippen LogP contribution in [0.2, 0.25) is 0 Å². The maximum absolute atomic E-state index is 12.8. The van der Waals surface area contributed by atoms with Crippen LogP contribution in [0.3, 0.4) is 0 Å². The molecule has 0 fully saturated rings. The third kappa shape index (κ3) is 4.25. The molecular weight excluding hydrogens is 313 g/mol. The van der Waals surface area contributed by atoms with Gasteiger partial charge in [0.05, 0.1) is 17.6 Å². The summed E-state index contributed by atoms with van der Waals surface area (Å²) < 4.78 is 38.3. The second-order valence-electron chi connectivity index (χ2n) is 5.11. The van der Waals surface area contributed by atoms with Gasteiger partial charge in [0.1, 0.15) is 0 Å². The van der Waals surface area contributed by atoms with Crippen LogP contribution in [0, 0.1) is 11.3 Å². The molecule has 0 amide bonds. The molecule has 1 aromatic rings. The molecule has 1 aliphatic heterocycles. The predicted molar refractivity (Wildman–Crippen MR) is 81.9 cm³/mol. The third-order valence-corrected chi connectivity index (χ3v) is 3.82. The Kier molecular flexibility index (Phi) is 6.46. The van der Waals surface area contributed by atoms with Crippen LogP contribution < -0.4 is 0 Å². The van der Waals surface area contributed by atoms with Gasteiger partial charge in [-0.05, 0) is 24.6 Å². The van der Waals surface area contributed by atoms with Crippen molar-refractivity contribution >= 4 is 12.4 Å². The fourth-order valence-electron chi connectivity index (χ4n) is 2.54. The minimum absolute atomic E-state index is 0. The number of halogens is 4. The smallest absolute Gasteiger partial charge is 0.300 e. The third-order valence-electron chi connectivity index (χ3n) is 3.82. The molecule has 0 N–H and O–H groups in total. The Labute approximate surface area is 134 Å². The molecule has 0 saturated carbocycles. The molecule has 2 nitrogen and oxygen atoms in total. The van der Waals surface area contributed by atoms with Crippen molar-refractivity contribution in [3.8, 4) is 6.07 Å². The molecule has 2 rings (SSSR count). The average Bonchev–Trinajstić information content (AvgIpc) is 2.48. The number of benzene rings is 1. The minimum atomic E-state index is -4.38. The fraction of sp³-hybridized carbons (Fsp3) is 0.438. The highest BCUT2D eigenvalue weighted by Gasteiger charge is 2.31. The standard InChI is InChI=1S/C16H17F3N2.ClH/c1-2-21-8-6-12(7-9-21)15(11-20)13-4-3-5-14(10-13)16(17,18)19;/h3-6,10,15H,2,7-9H2,1H3;1H. The van der Waals surface area contributed by atoms with Gasteiger partial charge in [0.2, 0.25) is 0 Å². The Hall–Kier alpha value is -1.51. The van der Waals surface area contributed by atoms with Gasteiger partial charge in [-0.2, -0.15) is 18.4 Å². The Morgan fingerprint density at radius 1 is 1.36 bits per heavy atom. The number of likely N-dealkylation sites (N-methyl/N-ethyl adjacent to an activating group) is 1. The molecule has 120 valence electrons. The van der Waals surface area contributed by atoms with E-state index in [1.165, 1.54) is 6.07 Å². The van der Waals surface area contributed by atoms with Gasteiger partial charge in [-0.1, -0.05) is 36.8 Å². The zero-order valence-corrected chi connectivity index (χ0v) is 13.0. The molecule has 22 heavy (non-hydrogen) atoms. The van der Waals surface area contributed by atoms with Gasteiger partial charge in [-0.3, -0.25) is 4.90 Å². The van der Waals surface area contributed by atoms with E-state index in [0.29, 0.717) is 5.56 Å². The Morgan fingerprint density at radius 3 is 2.59 bits per heavy atom. The number of nitrogens with zero attached hydrogens (tertiary/aromatic N) is 2. The second kappa shape index (κ2) is 7.66. The lowest BCUT2D eigenvalue weighted by Crippen LogP contribution is -2.29. The van der Waals surface area contributed by atoms with Crippen LogP contribution in [0.25, 0.3) is 0 Å². The first-order chi connectivity index (χ1) is 9.95. The molecule has 1 unspecified atom stereocenters. The number of nitriles is 1. The van der Waals surface area contributed by atoms with Gasteiger partial charge in [0.15, 0.2) is 0 Å². The summed E-state index contributed by atoms with van der Waals surface area (Å²) in [6.07, 6.45) is -1.68. The Balaban J connectivity index is 0.00000242. The summed E-state index contributed by atoms with van der Waals surface area (Å²) in [6, 6.07) is 7.22. The van der Waals surface area contributed by atoms with Crippen molar-refractivity contribution in [1.82, 2.24) is 4.90 Å². The highest BCUT2D eigenvalue weighted by Crippen LogP contribution is 2.34. The van der Waals surface area contributed by atoms with Crippen molar-refractivity contribution in [1.29, 1.82) is 5.26 Å². The topological polar surface area (TPSA) is 27.0 Å². The summed E-state index contributed by atoms with van der Waals surface area (Å²) in [5, 5.41) is 9.36. The van der Waals surface area contributed by atoms with Crippen molar-refractivity contribution in [3.05, 3.63) is 47.0 Å². The second-order valence-corrected chi connectivity index (χ2v) is 5.11. The highest BCUT2D eigenvalue weighted by atomic mass is 35.5. The summed E-state index contributed by atoms with van der Waals surface area (Å²) >= 11 is 0. The van der Waals surface area contributed by atoms with E-state index < -0.39 is 17.7 Å².